The summed E-state index contributed by atoms with van der Waals surface area (Å²) < 4.78 is 40.0. The summed E-state index contributed by atoms with van der Waals surface area (Å²) in [5.41, 5.74) is -0.628. The van der Waals surface area contributed by atoms with Gasteiger partial charge in [-0.2, -0.15) is 0 Å². The molecule has 2 heterocycles. The quantitative estimate of drug-likeness (QED) is 0.574. The molecule has 34 heavy (non-hydrogen) atoms. The Labute approximate surface area is 201 Å². The Morgan fingerprint density at radius 1 is 1.26 bits per heavy atom. The zero-order valence-electron chi connectivity index (χ0n) is 19.5. The van der Waals surface area contributed by atoms with Crippen LogP contribution in [0.25, 0.3) is 0 Å². The molecule has 0 spiro atoms. The van der Waals surface area contributed by atoms with Crippen molar-refractivity contribution >= 4 is 46.6 Å². The van der Waals surface area contributed by atoms with Crippen molar-refractivity contribution in [2.24, 2.45) is 5.41 Å². The molecule has 2 aliphatic rings. The van der Waals surface area contributed by atoms with Crippen LogP contribution in [-0.4, -0.2) is 73.9 Å². The van der Waals surface area contributed by atoms with Gasteiger partial charge in [-0.3, -0.25) is 14.5 Å². The van der Waals surface area contributed by atoms with Crippen LogP contribution in [0.2, 0.25) is 0 Å². The number of carbonyl (C=O) groups excluding carboxylic acids is 3. The van der Waals surface area contributed by atoms with Gasteiger partial charge in [-0.25, -0.2) is 13.6 Å². The lowest BCUT2D eigenvalue weighted by molar-refractivity contribution is -0.132. The van der Waals surface area contributed by atoms with Gasteiger partial charge in [-0.15, -0.1) is 0 Å². The molecule has 2 aliphatic heterocycles. The topological polar surface area (TPSA) is 91.4 Å². The van der Waals surface area contributed by atoms with Crippen molar-refractivity contribution in [3.05, 3.63) is 23.8 Å². The second kappa shape index (κ2) is 10.1. The molecular weight excluding hydrogens is 470 g/mol. The minimum absolute atomic E-state index is 0.0108. The lowest BCUT2D eigenvalue weighted by Crippen LogP contribution is -2.34. The zero-order chi connectivity index (χ0) is 25.2. The fraction of sp³-hybridized carbons (Fsp3) is 0.545. The summed E-state index contributed by atoms with van der Waals surface area (Å²) in [4.78, 5) is 40.5. The highest BCUT2D eigenvalue weighted by molar-refractivity contribution is 7.80. The number of cyclic esters (lactones) is 1. The molecule has 12 heteroatoms. The molecule has 1 aromatic rings. The van der Waals surface area contributed by atoms with Crippen molar-refractivity contribution in [1.29, 1.82) is 0 Å². The van der Waals surface area contributed by atoms with Gasteiger partial charge in [-0.05, 0) is 17.6 Å². The van der Waals surface area contributed by atoms with Gasteiger partial charge in [0.05, 0.1) is 45.6 Å². The van der Waals surface area contributed by atoms with Crippen LogP contribution < -0.4 is 15.1 Å². The van der Waals surface area contributed by atoms with Crippen molar-refractivity contribution in [2.75, 3.05) is 49.8 Å². The first-order valence-electron chi connectivity index (χ1n) is 10.7. The number of nitrogens with one attached hydrogen (secondary N) is 1. The Kier molecular flexibility index (Phi) is 7.59. The first kappa shape index (κ1) is 25.6. The molecule has 0 saturated carbocycles. The maximum absolute atomic E-state index is 15.0. The van der Waals surface area contributed by atoms with Gasteiger partial charge in [0, 0.05) is 18.6 Å². The first-order valence-corrected chi connectivity index (χ1v) is 11.1. The van der Waals surface area contributed by atoms with Crippen molar-refractivity contribution in [3.8, 4) is 0 Å². The monoisotopic (exact) mass is 498 g/mol. The lowest BCUT2D eigenvalue weighted by Gasteiger charge is -2.23. The molecule has 1 atom stereocenters. The first-order chi connectivity index (χ1) is 15.9. The largest absolute Gasteiger partial charge is 0.474 e. The minimum Gasteiger partial charge on any atom is -0.474 e. The number of rotatable bonds is 7. The highest BCUT2D eigenvalue weighted by Gasteiger charge is 2.36. The second-order valence-electron chi connectivity index (χ2n) is 9.45. The number of ketones is 1. The maximum atomic E-state index is 15.0. The average molecular weight is 499 g/mol. The third-order valence-electron chi connectivity index (χ3n) is 5.28. The summed E-state index contributed by atoms with van der Waals surface area (Å²) in [6, 6.07) is 2.04. The normalized spacial score (nSPS) is 18.4. The molecule has 3 rings (SSSR count). The van der Waals surface area contributed by atoms with E-state index in [0.29, 0.717) is 0 Å². The van der Waals surface area contributed by atoms with Crippen molar-refractivity contribution < 1.29 is 32.6 Å². The summed E-state index contributed by atoms with van der Waals surface area (Å²) in [6.07, 6.45) is -1.06. The number of hydrogen-bond acceptors (Lipinski definition) is 7. The third kappa shape index (κ3) is 6.10. The smallest absolute Gasteiger partial charge is 0.414 e. The molecule has 186 valence electrons. The number of carbonyl (C=O) groups is 3. The van der Waals surface area contributed by atoms with Crippen LogP contribution in [0.3, 0.4) is 0 Å². The van der Waals surface area contributed by atoms with Gasteiger partial charge in [0.1, 0.15) is 11.8 Å². The molecule has 0 aliphatic carbocycles. The number of anilines is 2. The van der Waals surface area contributed by atoms with Crippen LogP contribution in [0.5, 0.6) is 0 Å². The van der Waals surface area contributed by atoms with Crippen molar-refractivity contribution in [3.63, 3.8) is 0 Å². The molecule has 0 radical (unpaired) electrons. The molecular formula is C22H28F2N4O5S. The van der Waals surface area contributed by atoms with E-state index >= 15 is 0 Å². The van der Waals surface area contributed by atoms with Gasteiger partial charge in [0.2, 0.25) is 5.91 Å². The number of ether oxygens (including phenoxy) is 2. The standard InChI is InChI=1S/C22H28F2N4O5S/c1-22(2,3)7-14(29)9-26-12-27(11-18(26)30)19-16(23)5-13(6-17(19)24)28-10-15(33-21(28)31)8-25-20(34)32-4/h5-6,15H,7-12H2,1-4H3,(H,25,34)/t15-/m0/s1. The molecule has 0 unspecified atom stereocenters. The molecule has 0 aromatic heterocycles. The van der Waals surface area contributed by atoms with Gasteiger partial charge in [0.25, 0.3) is 5.17 Å². The fourth-order valence-electron chi connectivity index (χ4n) is 3.86. The Morgan fingerprint density at radius 3 is 2.50 bits per heavy atom. The molecule has 2 fully saturated rings. The summed E-state index contributed by atoms with van der Waals surface area (Å²) in [5.74, 6) is -2.37. The zero-order valence-corrected chi connectivity index (χ0v) is 20.3. The number of hydrogen-bond donors (Lipinski definition) is 1. The highest BCUT2D eigenvalue weighted by atomic mass is 32.1. The maximum Gasteiger partial charge on any atom is 0.414 e. The van der Waals surface area contributed by atoms with E-state index in [1.165, 1.54) is 16.9 Å². The van der Waals surface area contributed by atoms with Crippen LogP contribution in [0.1, 0.15) is 27.2 Å². The lowest BCUT2D eigenvalue weighted by atomic mass is 9.90. The number of thiocarbonyl (C=S) groups is 1. The highest BCUT2D eigenvalue weighted by Crippen LogP contribution is 2.32. The van der Waals surface area contributed by atoms with Crippen LogP contribution in [0.15, 0.2) is 12.1 Å². The molecule has 1 N–H and O–H groups in total. The second-order valence-corrected chi connectivity index (χ2v) is 9.82. The Bertz CT molecular complexity index is 977. The summed E-state index contributed by atoms with van der Waals surface area (Å²) in [6.45, 7) is 5.50. The van der Waals surface area contributed by atoms with E-state index in [1.54, 1.807) is 0 Å². The van der Waals surface area contributed by atoms with Crippen LogP contribution in [0.4, 0.5) is 25.0 Å². The van der Waals surface area contributed by atoms with E-state index < -0.39 is 29.7 Å². The predicted molar refractivity (Wildman–Crippen MR) is 125 cm³/mol. The third-order valence-corrected chi connectivity index (χ3v) is 5.59. The Hall–Kier alpha value is -3.02. The van der Waals surface area contributed by atoms with Gasteiger partial charge in [-0.1, -0.05) is 20.8 Å². The average Bonchev–Trinajstić information content (AvgIpc) is 3.26. The van der Waals surface area contributed by atoms with E-state index in [9.17, 15) is 23.2 Å². The van der Waals surface area contributed by atoms with Gasteiger partial charge in [0.15, 0.2) is 17.4 Å². The molecule has 9 nitrogen and oxygen atoms in total. The number of methoxy groups -OCH3 is 1. The number of halogens is 2. The fourth-order valence-corrected chi connectivity index (χ4v) is 3.95. The Morgan fingerprint density at radius 2 is 1.91 bits per heavy atom. The van der Waals surface area contributed by atoms with Crippen LogP contribution >= 0.6 is 12.2 Å². The summed E-state index contributed by atoms with van der Waals surface area (Å²) in [7, 11) is 1.40. The number of amides is 2. The number of nitrogens with zero attached hydrogens (tertiary/aromatic N) is 3. The molecule has 2 saturated heterocycles. The van der Waals surface area contributed by atoms with E-state index in [0.717, 1.165) is 17.0 Å². The van der Waals surface area contributed by atoms with E-state index in [1.807, 2.05) is 20.8 Å². The number of Topliss-reactive ketones (excluding diaryl/α,β-unsaturated/α-hetero) is 1. The van der Waals surface area contributed by atoms with Crippen LogP contribution in [-0.2, 0) is 19.1 Å². The van der Waals surface area contributed by atoms with Crippen LogP contribution in [0, 0.1) is 17.0 Å². The van der Waals surface area contributed by atoms with Crippen molar-refractivity contribution in [2.45, 2.75) is 33.3 Å². The predicted octanol–water partition coefficient (Wildman–Crippen LogP) is 2.42. The minimum atomic E-state index is -0.930. The van der Waals surface area contributed by atoms with E-state index in [4.69, 9.17) is 21.7 Å². The van der Waals surface area contributed by atoms with E-state index in [-0.39, 0.29) is 67.0 Å². The van der Waals surface area contributed by atoms with Gasteiger partial charge >= 0.3 is 6.09 Å². The summed E-state index contributed by atoms with van der Waals surface area (Å²) >= 11 is 4.87. The number of benzene rings is 1. The SMILES string of the molecule is COC(=S)NC[C@H]1CN(c2cc(F)c(N3CC(=O)N(CC(=O)CC(C)(C)C)C3)c(F)c2)C(=O)O1. The summed E-state index contributed by atoms with van der Waals surface area (Å²) in [5, 5.41) is 2.89. The van der Waals surface area contributed by atoms with E-state index in [2.05, 4.69) is 5.32 Å². The van der Waals surface area contributed by atoms with Crippen molar-refractivity contribution in [1.82, 2.24) is 10.2 Å². The van der Waals surface area contributed by atoms with Gasteiger partial charge < -0.3 is 24.6 Å². The molecule has 0 bridgehead atoms. The Balaban J connectivity index is 1.69. The molecule has 2 amide bonds. The molecule has 1 aromatic carbocycles.